The summed E-state index contributed by atoms with van der Waals surface area (Å²) >= 11 is 0. The summed E-state index contributed by atoms with van der Waals surface area (Å²) in [5, 5.41) is 10.7. The van der Waals surface area contributed by atoms with Gasteiger partial charge in [-0.1, -0.05) is 56.3 Å². The molecule has 126 valence electrons. The lowest BCUT2D eigenvalue weighted by atomic mass is 10.0. The minimum atomic E-state index is -0.381. The zero-order chi connectivity index (χ0) is 18.0. The fourth-order valence-electron chi connectivity index (χ4n) is 2.93. The fraction of sp³-hybridized carbons (Fsp3) is 0.182. The summed E-state index contributed by atoms with van der Waals surface area (Å²) < 4.78 is 0. The minimum Gasteiger partial charge on any atom is -0.258 e. The van der Waals surface area contributed by atoms with Gasteiger partial charge in [-0.15, -0.1) is 0 Å². The van der Waals surface area contributed by atoms with Crippen molar-refractivity contribution in [3.8, 4) is 11.1 Å². The Balaban J connectivity index is 1.99. The van der Waals surface area contributed by atoms with Gasteiger partial charge in [0, 0.05) is 12.1 Å². The summed E-state index contributed by atoms with van der Waals surface area (Å²) in [5.74, 6) is 0.469. The Morgan fingerprint density at radius 1 is 0.920 bits per heavy atom. The summed E-state index contributed by atoms with van der Waals surface area (Å²) in [4.78, 5) is 10.4. The molecule has 25 heavy (non-hydrogen) atoms. The first-order valence-corrected chi connectivity index (χ1v) is 8.41. The number of rotatable bonds is 4. The second-order valence-electron chi connectivity index (χ2n) is 6.61. The maximum absolute atomic E-state index is 10.7. The van der Waals surface area contributed by atoms with Crippen LogP contribution in [0.5, 0.6) is 0 Å². The molecule has 2 aliphatic carbocycles. The SMILES string of the molecule is Cc1ccc2c(/C=C/c3ccc([N+](=O)[O-])cc3)ccc(C(C)C)cc1-2. The first-order valence-electron chi connectivity index (χ1n) is 8.41. The number of benzene rings is 1. The number of nitro groups is 1. The van der Waals surface area contributed by atoms with Crippen LogP contribution in [-0.2, 0) is 0 Å². The highest BCUT2D eigenvalue weighted by Gasteiger charge is 2.11. The van der Waals surface area contributed by atoms with Crippen LogP contribution in [0.2, 0.25) is 0 Å². The van der Waals surface area contributed by atoms with E-state index >= 15 is 0 Å². The third-order valence-electron chi connectivity index (χ3n) is 4.52. The van der Waals surface area contributed by atoms with E-state index in [2.05, 4.69) is 57.2 Å². The van der Waals surface area contributed by atoms with Crippen LogP contribution >= 0.6 is 0 Å². The third kappa shape index (κ3) is 3.61. The van der Waals surface area contributed by atoms with Gasteiger partial charge in [0.25, 0.3) is 5.69 Å². The molecule has 0 radical (unpaired) electrons. The van der Waals surface area contributed by atoms with Crippen LogP contribution in [0, 0.1) is 17.0 Å². The zero-order valence-corrected chi connectivity index (χ0v) is 14.7. The number of hydrogen-bond acceptors (Lipinski definition) is 2. The van der Waals surface area contributed by atoms with E-state index in [1.54, 1.807) is 12.1 Å². The second kappa shape index (κ2) is 6.89. The number of hydrogen-bond donors (Lipinski definition) is 0. The summed E-state index contributed by atoms with van der Waals surface area (Å²) in [6.45, 7) is 6.54. The molecule has 1 aromatic carbocycles. The number of aryl methyl sites for hydroxylation is 1. The normalized spacial score (nSPS) is 11.5. The number of non-ortho nitro benzene ring substituents is 1. The van der Waals surface area contributed by atoms with Crippen molar-refractivity contribution in [3.05, 3.63) is 87.0 Å². The lowest BCUT2D eigenvalue weighted by Gasteiger charge is -2.03. The largest absolute Gasteiger partial charge is 0.269 e. The first kappa shape index (κ1) is 16.9. The maximum atomic E-state index is 10.7. The molecule has 0 unspecified atom stereocenters. The summed E-state index contributed by atoms with van der Waals surface area (Å²) in [6.07, 6.45) is 4.07. The van der Waals surface area contributed by atoms with Gasteiger partial charge in [-0.05, 0) is 58.4 Å². The molecule has 0 saturated heterocycles. The molecule has 0 spiro atoms. The van der Waals surface area contributed by atoms with Crippen molar-refractivity contribution < 1.29 is 4.92 Å². The van der Waals surface area contributed by atoms with E-state index in [1.165, 1.54) is 34.4 Å². The summed E-state index contributed by atoms with van der Waals surface area (Å²) in [6, 6.07) is 17.5. The molecule has 1 aromatic rings. The molecule has 0 fully saturated rings. The van der Waals surface area contributed by atoms with Gasteiger partial charge in [-0.2, -0.15) is 0 Å². The van der Waals surface area contributed by atoms with Crippen molar-refractivity contribution in [1.29, 1.82) is 0 Å². The second-order valence-corrected chi connectivity index (χ2v) is 6.61. The van der Waals surface area contributed by atoms with Gasteiger partial charge in [0.05, 0.1) is 4.92 Å². The van der Waals surface area contributed by atoms with Crippen LogP contribution in [0.4, 0.5) is 5.69 Å². The Morgan fingerprint density at radius 3 is 2.28 bits per heavy atom. The number of nitro benzene ring substituents is 1. The van der Waals surface area contributed by atoms with E-state index in [9.17, 15) is 10.1 Å². The van der Waals surface area contributed by atoms with E-state index in [0.717, 1.165) is 11.1 Å². The van der Waals surface area contributed by atoms with Gasteiger partial charge in [0.2, 0.25) is 0 Å². The molecular formula is C22H21NO2. The maximum Gasteiger partial charge on any atom is 0.269 e. The molecule has 3 nitrogen and oxygen atoms in total. The topological polar surface area (TPSA) is 43.1 Å². The van der Waals surface area contributed by atoms with E-state index in [-0.39, 0.29) is 10.6 Å². The summed E-state index contributed by atoms with van der Waals surface area (Å²) in [5.41, 5.74) is 7.29. The number of nitrogens with zero attached hydrogens (tertiary/aromatic N) is 1. The van der Waals surface area contributed by atoms with Crippen molar-refractivity contribution in [3.63, 3.8) is 0 Å². The highest BCUT2D eigenvalue weighted by Crippen LogP contribution is 2.33. The van der Waals surface area contributed by atoms with Crippen LogP contribution in [0.3, 0.4) is 0 Å². The Kier molecular flexibility index (Phi) is 4.66. The first-order chi connectivity index (χ1) is 12.0. The summed E-state index contributed by atoms with van der Waals surface area (Å²) in [7, 11) is 0. The van der Waals surface area contributed by atoms with Crippen LogP contribution in [0.25, 0.3) is 23.3 Å². The van der Waals surface area contributed by atoms with Gasteiger partial charge in [-0.25, -0.2) is 0 Å². The standard InChI is InChI=1S/C22H21NO2/c1-15(2)19-10-9-18(21-13-4-16(3)22(21)14-19)8-5-17-6-11-20(12-7-17)23(24)25/h4-15H,1-3H3/b8-5+. The zero-order valence-electron chi connectivity index (χ0n) is 14.7. The monoisotopic (exact) mass is 331 g/mol. The highest BCUT2D eigenvalue weighted by atomic mass is 16.6. The van der Waals surface area contributed by atoms with Crippen LogP contribution < -0.4 is 0 Å². The van der Waals surface area contributed by atoms with E-state index in [4.69, 9.17) is 0 Å². The molecule has 0 bridgehead atoms. The Hall–Kier alpha value is -2.94. The molecular weight excluding hydrogens is 310 g/mol. The predicted octanol–water partition coefficient (Wildman–Crippen LogP) is 6.30. The lowest BCUT2D eigenvalue weighted by molar-refractivity contribution is -0.384. The average molecular weight is 331 g/mol. The van der Waals surface area contributed by atoms with Crippen LogP contribution in [-0.4, -0.2) is 4.92 Å². The molecule has 0 amide bonds. The predicted molar refractivity (Wildman–Crippen MR) is 104 cm³/mol. The van der Waals surface area contributed by atoms with Crippen molar-refractivity contribution in [1.82, 2.24) is 0 Å². The highest BCUT2D eigenvalue weighted by molar-refractivity contribution is 5.83. The molecule has 3 rings (SSSR count). The molecule has 0 N–H and O–H groups in total. The van der Waals surface area contributed by atoms with Crippen LogP contribution in [0.1, 0.15) is 42.0 Å². The van der Waals surface area contributed by atoms with Gasteiger partial charge in [0.15, 0.2) is 0 Å². The Bertz CT molecular complexity index is 908. The van der Waals surface area contributed by atoms with E-state index < -0.39 is 0 Å². The molecule has 0 aromatic heterocycles. The van der Waals surface area contributed by atoms with Gasteiger partial charge < -0.3 is 0 Å². The van der Waals surface area contributed by atoms with E-state index in [0.29, 0.717) is 5.92 Å². The van der Waals surface area contributed by atoms with Crippen molar-refractivity contribution >= 4 is 17.8 Å². The van der Waals surface area contributed by atoms with Crippen molar-refractivity contribution in [2.24, 2.45) is 0 Å². The van der Waals surface area contributed by atoms with Crippen LogP contribution in [0.15, 0.2) is 54.6 Å². The Labute approximate surface area is 148 Å². The lowest BCUT2D eigenvalue weighted by Crippen LogP contribution is -1.86. The smallest absolute Gasteiger partial charge is 0.258 e. The molecule has 0 saturated carbocycles. The molecule has 0 heterocycles. The average Bonchev–Trinajstić information content (AvgIpc) is 2.84. The molecule has 3 heteroatoms. The van der Waals surface area contributed by atoms with Gasteiger partial charge >= 0.3 is 0 Å². The van der Waals surface area contributed by atoms with Gasteiger partial charge in [0.1, 0.15) is 0 Å². The van der Waals surface area contributed by atoms with Crippen molar-refractivity contribution in [2.75, 3.05) is 0 Å². The fourth-order valence-corrected chi connectivity index (χ4v) is 2.93. The molecule has 0 atom stereocenters. The molecule has 2 aliphatic rings. The van der Waals surface area contributed by atoms with E-state index in [1.807, 2.05) is 6.08 Å². The third-order valence-corrected chi connectivity index (χ3v) is 4.52. The van der Waals surface area contributed by atoms with Gasteiger partial charge in [-0.3, -0.25) is 10.1 Å². The quantitative estimate of drug-likeness (QED) is 0.416. The Morgan fingerprint density at radius 2 is 1.64 bits per heavy atom. The molecule has 0 aliphatic heterocycles. The number of fused-ring (bicyclic) bond motifs is 1. The minimum absolute atomic E-state index is 0.110. The van der Waals surface area contributed by atoms with Crippen molar-refractivity contribution in [2.45, 2.75) is 26.7 Å².